The number of rotatable bonds is 2. The van der Waals surface area contributed by atoms with Crippen molar-refractivity contribution in [1.82, 2.24) is 10.2 Å². The summed E-state index contributed by atoms with van der Waals surface area (Å²) in [5.41, 5.74) is -1.82. The number of H-pyrrole nitrogens is 1. The number of alkyl halides is 3. The summed E-state index contributed by atoms with van der Waals surface area (Å²) in [6.07, 6.45) is -3.40. The van der Waals surface area contributed by atoms with Crippen molar-refractivity contribution in [3.05, 3.63) is 53.7 Å². The lowest BCUT2D eigenvalue weighted by Gasteiger charge is -2.09. The Bertz CT molecular complexity index is 889. The Morgan fingerprint density at radius 2 is 2.00 bits per heavy atom. The largest absolute Gasteiger partial charge is 0.463 e. The van der Waals surface area contributed by atoms with Gasteiger partial charge in [-0.25, -0.2) is 4.39 Å². The van der Waals surface area contributed by atoms with Crippen LogP contribution in [0.1, 0.15) is 11.3 Å². The SMILES string of the molecule is N#Cc1cc(-c2c(-c3ccco3)n[nH]c2C(F)(F)F)ccc1F. The average molecular weight is 321 g/mol. The van der Waals surface area contributed by atoms with Crippen LogP contribution in [0.25, 0.3) is 22.6 Å². The van der Waals surface area contributed by atoms with Crippen LogP contribution in [0, 0.1) is 17.1 Å². The Labute approximate surface area is 127 Å². The Morgan fingerprint density at radius 3 is 2.61 bits per heavy atom. The molecule has 0 aliphatic carbocycles. The van der Waals surface area contributed by atoms with Gasteiger partial charge in [-0.1, -0.05) is 6.07 Å². The molecule has 1 N–H and O–H groups in total. The van der Waals surface area contributed by atoms with Crippen LogP contribution in [0.4, 0.5) is 17.6 Å². The molecule has 4 nitrogen and oxygen atoms in total. The molecule has 0 saturated carbocycles. The lowest BCUT2D eigenvalue weighted by atomic mass is 9.99. The van der Waals surface area contributed by atoms with Crippen LogP contribution < -0.4 is 0 Å². The molecule has 23 heavy (non-hydrogen) atoms. The second-order valence-corrected chi connectivity index (χ2v) is 4.60. The first kappa shape index (κ1) is 14.8. The third kappa shape index (κ3) is 2.57. The predicted molar refractivity (Wildman–Crippen MR) is 71.4 cm³/mol. The number of hydrogen-bond acceptors (Lipinski definition) is 3. The van der Waals surface area contributed by atoms with E-state index in [0.717, 1.165) is 18.2 Å². The highest BCUT2D eigenvalue weighted by Gasteiger charge is 2.38. The van der Waals surface area contributed by atoms with Crippen molar-refractivity contribution in [2.45, 2.75) is 6.18 Å². The molecular weight excluding hydrogens is 314 g/mol. The zero-order chi connectivity index (χ0) is 16.6. The molecule has 0 saturated heterocycles. The summed E-state index contributed by atoms with van der Waals surface area (Å²) in [4.78, 5) is 0. The van der Waals surface area contributed by atoms with Crippen LogP contribution >= 0.6 is 0 Å². The van der Waals surface area contributed by atoms with E-state index in [9.17, 15) is 17.6 Å². The van der Waals surface area contributed by atoms with Gasteiger partial charge in [-0.05, 0) is 29.8 Å². The molecule has 3 rings (SSSR count). The fourth-order valence-corrected chi connectivity index (χ4v) is 2.19. The highest BCUT2D eigenvalue weighted by Crippen LogP contribution is 2.41. The fourth-order valence-electron chi connectivity index (χ4n) is 2.19. The number of halogens is 4. The van der Waals surface area contributed by atoms with Crippen molar-refractivity contribution >= 4 is 0 Å². The molecular formula is C15H7F4N3O. The maximum absolute atomic E-state index is 13.4. The normalized spacial score (nSPS) is 11.4. The van der Waals surface area contributed by atoms with Gasteiger partial charge in [0.1, 0.15) is 23.3 Å². The lowest BCUT2D eigenvalue weighted by Crippen LogP contribution is -2.07. The van der Waals surface area contributed by atoms with E-state index in [1.54, 1.807) is 6.07 Å². The van der Waals surface area contributed by atoms with Crippen LogP contribution in [0.3, 0.4) is 0 Å². The van der Waals surface area contributed by atoms with Crippen molar-refractivity contribution in [2.75, 3.05) is 0 Å². The van der Waals surface area contributed by atoms with Crippen LogP contribution in [-0.4, -0.2) is 10.2 Å². The predicted octanol–water partition coefficient (Wildman–Crippen LogP) is 4.37. The van der Waals surface area contributed by atoms with E-state index < -0.39 is 17.7 Å². The topological polar surface area (TPSA) is 65.6 Å². The number of furan rings is 1. The minimum Gasteiger partial charge on any atom is -0.463 e. The van der Waals surface area contributed by atoms with Crippen molar-refractivity contribution < 1.29 is 22.0 Å². The quantitative estimate of drug-likeness (QED) is 0.713. The Hall–Kier alpha value is -3.08. The zero-order valence-electron chi connectivity index (χ0n) is 11.3. The third-order valence-electron chi connectivity index (χ3n) is 3.18. The van der Waals surface area contributed by atoms with E-state index in [0.29, 0.717) is 0 Å². The standard InChI is InChI=1S/C15H7F4N3O/c16-10-4-3-8(6-9(10)7-20)12-13(11-2-1-5-23-11)21-22-14(12)15(17,18)19/h1-6H,(H,21,22). The first-order valence-electron chi connectivity index (χ1n) is 6.31. The average Bonchev–Trinajstić information content (AvgIpc) is 3.15. The zero-order valence-corrected chi connectivity index (χ0v) is 11.3. The minimum atomic E-state index is -4.70. The van der Waals surface area contributed by atoms with Crippen molar-refractivity contribution in [3.8, 4) is 28.7 Å². The highest BCUT2D eigenvalue weighted by atomic mass is 19.4. The van der Waals surface area contributed by atoms with Crippen molar-refractivity contribution in [1.29, 1.82) is 5.26 Å². The molecule has 116 valence electrons. The van der Waals surface area contributed by atoms with Gasteiger partial charge in [0, 0.05) is 5.56 Å². The van der Waals surface area contributed by atoms with E-state index in [2.05, 4.69) is 5.10 Å². The molecule has 3 aromatic rings. The molecule has 0 unspecified atom stereocenters. The van der Waals surface area contributed by atoms with E-state index in [4.69, 9.17) is 9.68 Å². The van der Waals surface area contributed by atoms with Gasteiger partial charge in [0.15, 0.2) is 5.76 Å². The highest BCUT2D eigenvalue weighted by molar-refractivity contribution is 5.81. The summed E-state index contributed by atoms with van der Waals surface area (Å²) < 4.78 is 58.2. The van der Waals surface area contributed by atoms with Gasteiger partial charge in [-0.3, -0.25) is 5.10 Å². The van der Waals surface area contributed by atoms with Gasteiger partial charge in [0.05, 0.1) is 11.8 Å². The Kier molecular flexibility index (Phi) is 3.41. The molecule has 0 spiro atoms. The number of nitriles is 1. The van der Waals surface area contributed by atoms with Crippen molar-refractivity contribution in [2.24, 2.45) is 0 Å². The number of aromatic nitrogens is 2. The van der Waals surface area contributed by atoms with Crippen molar-refractivity contribution in [3.63, 3.8) is 0 Å². The van der Waals surface area contributed by atoms with E-state index >= 15 is 0 Å². The summed E-state index contributed by atoms with van der Waals surface area (Å²) in [5.74, 6) is -0.692. The monoisotopic (exact) mass is 321 g/mol. The molecule has 0 amide bonds. The molecule has 0 bridgehead atoms. The summed E-state index contributed by atoms with van der Waals surface area (Å²) in [5, 5.41) is 14.5. The van der Waals surface area contributed by atoms with Gasteiger partial charge in [-0.2, -0.15) is 23.5 Å². The van der Waals surface area contributed by atoms with E-state index in [1.165, 1.54) is 18.4 Å². The molecule has 0 atom stereocenters. The van der Waals surface area contributed by atoms with E-state index in [1.807, 2.05) is 5.10 Å². The molecule has 0 radical (unpaired) electrons. The molecule has 0 aliphatic heterocycles. The van der Waals surface area contributed by atoms with Gasteiger partial charge in [-0.15, -0.1) is 0 Å². The van der Waals surface area contributed by atoms with Gasteiger partial charge in [0.2, 0.25) is 0 Å². The molecule has 2 heterocycles. The van der Waals surface area contributed by atoms with Crippen LogP contribution in [-0.2, 0) is 6.18 Å². The summed E-state index contributed by atoms with van der Waals surface area (Å²) >= 11 is 0. The van der Waals surface area contributed by atoms with Crippen LogP contribution in [0.5, 0.6) is 0 Å². The number of nitrogens with zero attached hydrogens (tertiary/aromatic N) is 2. The molecule has 0 fully saturated rings. The minimum absolute atomic E-state index is 0.00965. The number of nitrogens with one attached hydrogen (secondary N) is 1. The maximum atomic E-state index is 13.4. The number of benzene rings is 1. The Morgan fingerprint density at radius 1 is 1.22 bits per heavy atom. The number of aromatic amines is 1. The van der Waals surface area contributed by atoms with Gasteiger partial charge in [0.25, 0.3) is 0 Å². The molecule has 8 heteroatoms. The second kappa shape index (κ2) is 5.28. The van der Waals surface area contributed by atoms with Gasteiger partial charge < -0.3 is 4.42 Å². The van der Waals surface area contributed by atoms with Gasteiger partial charge >= 0.3 is 6.18 Å². The maximum Gasteiger partial charge on any atom is 0.433 e. The summed E-state index contributed by atoms with van der Waals surface area (Å²) in [7, 11) is 0. The second-order valence-electron chi connectivity index (χ2n) is 4.60. The number of hydrogen-bond donors (Lipinski definition) is 1. The Balaban J connectivity index is 2.28. The molecule has 1 aromatic carbocycles. The first-order valence-corrected chi connectivity index (χ1v) is 6.31. The summed E-state index contributed by atoms with van der Waals surface area (Å²) in [6, 6.07) is 7.70. The van der Waals surface area contributed by atoms with Crippen LogP contribution in [0.15, 0.2) is 41.0 Å². The third-order valence-corrected chi connectivity index (χ3v) is 3.18. The molecule has 0 aliphatic rings. The summed E-state index contributed by atoms with van der Waals surface area (Å²) in [6.45, 7) is 0. The fraction of sp³-hybridized carbons (Fsp3) is 0.0667. The lowest BCUT2D eigenvalue weighted by molar-refractivity contribution is -0.140. The first-order chi connectivity index (χ1) is 10.9. The van der Waals surface area contributed by atoms with E-state index in [-0.39, 0.29) is 28.1 Å². The smallest absolute Gasteiger partial charge is 0.433 e. The molecule has 2 aromatic heterocycles. The van der Waals surface area contributed by atoms with Crippen LogP contribution in [0.2, 0.25) is 0 Å².